The van der Waals surface area contributed by atoms with Crippen LogP contribution < -0.4 is 14.8 Å². The predicted octanol–water partition coefficient (Wildman–Crippen LogP) is 5.65. The number of nitriles is 1. The Balaban J connectivity index is 1.71. The summed E-state index contributed by atoms with van der Waals surface area (Å²) in [7, 11) is 1.50. The van der Waals surface area contributed by atoms with Gasteiger partial charge in [0.15, 0.2) is 11.5 Å². The SMILES string of the molecule is CCOC(=O)c1ccc(NC(=O)/C(C#N)=C/c2ccc(OCc3ccccc3Cl)c(OC)c2)cc1. The average molecular weight is 491 g/mol. The fraction of sp³-hybridized carbons (Fsp3) is 0.148. The minimum atomic E-state index is -0.589. The molecule has 0 atom stereocenters. The number of anilines is 1. The molecule has 0 spiro atoms. The Bertz CT molecular complexity index is 1280. The van der Waals surface area contributed by atoms with Crippen LogP contribution >= 0.6 is 11.6 Å². The van der Waals surface area contributed by atoms with E-state index in [-0.39, 0.29) is 18.8 Å². The molecule has 0 saturated carbocycles. The molecule has 1 N–H and O–H groups in total. The van der Waals surface area contributed by atoms with Crippen molar-refractivity contribution in [2.45, 2.75) is 13.5 Å². The molecule has 0 aliphatic carbocycles. The maximum Gasteiger partial charge on any atom is 0.338 e. The zero-order valence-corrected chi connectivity index (χ0v) is 20.0. The number of nitrogens with one attached hydrogen (secondary N) is 1. The van der Waals surface area contributed by atoms with Crippen molar-refractivity contribution < 1.29 is 23.8 Å². The first-order valence-corrected chi connectivity index (χ1v) is 11.1. The molecule has 3 aromatic carbocycles. The number of hydrogen-bond donors (Lipinski definition) is 1. The summed E-state index contributed by atoms with van der Waals surface area (Å²) in [6, 6.07) is 20.6. The first kappa shape index (κ1) is 25.3. The summed E-state index contributed by atoms with van der Waals surface area (Å²) in [6.45, 7) is 2.25. The molecule has 3 rings (SSSR count). The second-order valence-corrected chi connectivity index (χ2v) is 7.62. The van der Waals surface area contributed by atoms with Gasteiger partial charge in [0.05, 0.1) is 19.3 Å². The Hall–Kier alpha value is -4.28. The van der Waals surface area contributed by atoms with Crippen LogP contribution in [0, 0.1) is 11.3 Å². The molecule has 0 unspecified atom stereocenters. The first-order valence-electron chi connectivity index (χ1n) is 10.7. The smallest absolute Gasteiger partial charge is 0.338 e. The van der Waals surface area contributed by atoms with Crippen molar-refractivity contribution in [1.29, 1.82) is 5.26 Å². The van der Waals surface area contributed by atoms with Gasteiger partial charge in [-0.25, -0.2) is 4.79 Å². The molecule has 0 heterocycles. The minimum Gasteiger partial charge on any atom is -0.493 e. The number of benzene rings is 3. The van der Waals surface area contributed by atoms with Crippen molar-refractivity contribution in [3.63, 3.8) is 0 Å². The van der Waals surface area contributed by atoms with E-state index >= 15 is 0 Å². The van der Waals surface area contributed by atoms with Crippen LogP contribution in [0.15, 0.2) is 72.3 Å². The van der Waals surface area contributed by atoms with Crippen molar-refractivity contribution in [2.24, 2.45) is 0 Å². The number of carbonyl (C=O) groups is 2. The molecule has 8 heteroatoms. The van der Waals surface area contributed by atoms with E-state index in [0.29, 0.717) is 33.3 Å². The molecule has 7 nitrogen and oxygen atoms in total. The van der Waals surface area contributed by atoms with E-state index in [1.54, 1.807) is 43.3 Å². The first-order chi connectivity index (χ1) is 16.9. The van der Waals surface area contributed by atoms with Gasteiger partial charge in [0.25, 0.3) is 5.91 Å². The van der Waals surface area contributed by atoms with Gasteiger partial charge in [-0.15, -0.1) is 0 Å². The molecular formula is C27H23ClN2O5. The van der Waals surface area contributed by atoms with Gasteiger partial charge in [0.2, 0.25) is 0 Å². The van der Waals surface area contributed by atoms with Crippen molar-refractivity contribution in [2.75, 3.05) is 19.0 Å². The molecule has 0 aromatic heterocycles. The Morgan fingerprint density at radius 3 is 2.46 bits per heavy atom. The number of nitrogens with zero attached hydrogens (tertiary/aromatic N) is 1. The lowest BCUT2D eigenvalue weighted by atomic mass is 10.1. The van der Waals surface area contributed by atoms with E-state index in [2.05, 4.69) is 5.32 Å². The lowest BCUT2D eigenvalue weighted by molar-refractivity contribution is -0.112. The summed E-state index contributed by atoms with van der Waals surface area (Å²) in [5, 5.41) is 12.8. The second-order valence-electron chi connectivity index (χ2n) is 7.21. The summed E-state index contributed by atoms with van der Waals surface area (Å²) in [5.74, 6) is -0.0992. The molecule has 0 aliphatic heterocycles. The van der Waals surface area contributed by atoms with Crippen molar-refractivity contribution >= 4 is 35.2 Å². The van der Waals surface area contributed by atoms with Crippen LogP contribution in [0.1, 0.15) is 28.4 Å². The monoisotopic (exact) mass is 490 g/mol. The Labute approximate surface area is 208 Å². The molecule has 0 radical (unpaired) electrons. The number of ether oxygens (including phenoxy) is 3. The highest BCUT2D eigenvalue weighted by Crippen LogP contribution is 2.30. The lowest BCUT2D eigenvalue weighted by Gasteiger charge is -2.12. The number of hydrogen-bond acceptors (Lipinski definition) is 6. The van der Waals surface area contributed by atoms with E-state index < -0.39 is 11.9 Å². The van der Waals surface area contributed by atoms with E-state index in [0.717, 1.165) is 5.56 Å². The van der Waals surface area contributed by atoms with Crippen LogP contribution in [-0.4, -0.2) is 25.6 Å². The van der Waals surface area contributed by atoms with Gasteiger partial charge < -0.3 is 19.5 Å². The van der Waals surface area contributed by atoms with Crippen molar-refractivity contribution in [3.05, 3.63) is 94.0 Å². The molecule has 35 heavy (non-hydrogen) atoms. The standard InChI is InChI=1S/C27H23ClN2O5/c1-3-34-27(32)19-9-11-22(12-10-19)30-26(31)21(16-29)14-18-8-13-24(25(15-18)33-2)35-17-20-6-4-5-7-23(20)28/h4-15H,3,17H2,1-2H3,(H,30,31)/b21-14+. The van der Waals surface area contributed by atoms with E-state index in [4.69, 9.17) is 25.8 Å². The number of esters is 1. The number of rotatable bonds is 9. The number of amides is 1. The van der Waals surface area contributed by atoms with Gasteiger partial charge in [-0.1, -0.05) is 35.9 Å². The van der Waals surface area contributed by atoms with E-state index in [1.165, 1.54) is 25.3 Å². The Morgan fingerprint density at radius 1 is 1.06 bits per heavy atom. The van der Waals surface area contributed by atoms with Gasteiger partial charge in [-0.2, -0.15) is 5.26 Å². The summed E-state index contributed by atoms with van der Waals surface area (Å²) < 4.78 is 16.2. The average Bonchev–Trinajstić information content (AvgIpc) is 2.87. The third-order valence-electron chi connectivity index (χ3n) is 4.86. The number of methoxy groups -OCH3 is 1. The van der Waals surface area contributed by atoms with Crippen LogP contribution in [0.2, 0.25) is 5.02 Å². The Kier molecular flexibility index (Phi) is 8.88. The number of carbonyl (C=O) groups excluding carboxylic acids is 2. The quantitative estimate of drug-likeness (QED) is 0.236. The topological polar surface area (TPSA) is 97.7 Å². The molecule has 0 bridgehead atoms. The fourth-order valence-electron chi connectivity index (χ4n) is 3.08. The summed E-state index contributed by atoms with van der Waals surface area (Å²) in [4.78, 5) is 24.4. The largest absolute Gasteiger partial charge is 0.493 e. The maximum absolute atomic E-state index is 12.6. The zero-order valence-electron chi connectivity index (χ0n) is 19.2. The lowest BCUT2D eigenvalue weighted by Crippen LogP contribution is -2.13. The van der Waals surface area contributed by atoms with Gasteiger partial charge in [0, 0.05) is 16.3 Å². The van der Waals surface area contributed by atoms with Crippen LogP contribution in [0.4, 0.5) is 5.69 Å². The van der Waals surface area contributed by atoms with E-state index in [1.807, 2.05) is 24.3 Å². The molecule has 0 aliphatic rings. The summed E-state index contributed by atoms with van der Waals surface area (Å²) in [6.07, 6.45) is 1.45. The number of halogens is 1. The molecule has 178 valence electrons. The molecule has 0 fully saturated rings. The molecule has 0 saturated heterocycles. The van der Waals surface area contributed by atoms with Gasteiger partial charge >= 0.3 is 5.97 Å². The Morgan fingerprint density at radius 2 is 1.80 bits per heavy atom. The molecular weight excluding hydrogens is 468 g/mol. The van der Waals surface area contributed by atoms with Crippen LogP contribution in [0.5, 0.6) is 11.5 Å². The predicted molar refractivity (Wildman–Crippen MR) is 133 cm³/mol. The maximum atomic E-state index is 12.6. The van der Waals surface area contributed by atoms with Crippen LogP contribution in [0.3, 0.4) is 0 Å². The van der Waals surface area contributed by atoms with E-state index in [9.17, 15) is 14.9 Å². The van der Waals surface area contributed by atoms with Gasteiger partial charge in [-0.3, -0.25) is 4.79 Å². The normalized spacial score (nSPS) is 10.7. The molecule has 3 aromatic rings. The fourth-order valence-corrected chi connectivity index (χ4v) is 3.27. The highest BCUT2D eigenvalue weighted by molar-refractivity contribution is 6.31. The van der Waals surface area contributed by atoms with Crippen molar-refractivity contribution in [3.8, 4) is 17.6 Å². The minimum absolute atomic E-state index is 0.105. The van der Waals surface area contributed by atoms with Crippen LogP contribution in [0.25, 0.3) is 6.08 Å². The summed E-state index contributed by atoms with van der Waals surface area (Å²) >= 11 is 6.18. The third kappa shape index (κ3) is 6.85. The second kappa shape index (κ2) is 12.3. The highest BCUT2D eigenvalue weighted by atomic mass is 35.5. The zero-order chi connectivity index (χ0) is 25.2. The highest BCUT2D eigenvalue weighted by Gasteiger charge is 2.13. The van der Waals surface area contributed by atoms with Crippen molar-refractivity contribution in [1.82, 2.24) is 0 Å². The van der Waals surface area contributed by atoms with Crippen LogP contribution in [-0.2, 0) is 16.1 Å². The van der Waals surface area contributed by atoms with Gasteiger partial charge in [-0.05, 0) is 61.0 Å². The van der Waals surface area contributed by atoms with Gasteiger partial charge in [0.1, 0.15) is 18.2 Å². The summed E-state index contributed by atoms with van der Waals surface area (Å²) in [5.41, 5.74) is 2.11. The third-order valence-corrected chi connectivity index (χ3v) is 5.23. The molecule has 1 amide bonds.